The third-order valence-electron chi connectivity index (χ3n) is 4.00. The molecule has 2 fully saturated rings. The third kappa shape index (κ3) is 4.54. The number of hydrogen-bond donors (Lipinski definition) is 1. The molecule has 2 aliphatic rings. The highest BCUT2D eigenvalue weighted by molar-refractivity contribution is 4.72. The zero-order valence-electron chi connectivity index (χ0n) is 11.0. The molecule has 0 aromatic heterocycles. The molecule has 1 heterocycles. The highest BCUT2D eigenvalue weighted by atomic mass is 16.5. The van der Waals surface area contributed by atoms with E-state index in [9.17, 15) is 5.11 Å². The van der Waals surface area contributed by atoms with Crippen LogP contribution in [0.2, 0.25) is 0 Å². The third-order valence-corrected chi connectivity index (χ3v) is 4.00. The van der Waals surface area contributed by atoms with Crippen LogP contribution in [0.1, 0.15) is 25.7 Å². The average molecular weight is 242 g/mol. The molecule has 0 atom stereocenters. The van der Waals surface area contributed by atoms with Crippen LogP contribution in [0.25, 0.3) is 0 Å². The molecule has 100 valence electrons. The predicted molar refractivity (Wildman–Crippen MR) is 68.2 cm³/mol. The number of aliphatic hydroxyl groups is 1. The maximum absolute atomic E-state index is 9.41. The number of rotatable bonds is 4. The van der Waals surface area contributed by atoms with Crippen molar-refractivity contribution < 1.29 is 9.84 Å². The number of ether oxygens (including phenoxy) is 1. The second-order valence-corrected chi connectivity index (χ2v) is 5.45. The number of aliphatic hydroxyl groups excluding tert-OH is 1. The van der Waals surface area contributed by atoms with E-state index < -0.39 is 0 Å². The highest BCUT2D eigenvalue weighted by Crippen LogP contribution is 2.20. The van der Waals surface area contributed by atoms with Crippen LogP contribution in [0.4, 0.5) is 0 Å². The Bertz CT molecular complexity index is 187. The fourth-order valence-corrected chi connectivity index (χ4v) is 2.63. The van der Waals surface area contributed by atoms with Gasteiger partial charge < -0.3 is 14.7 Å². The molecule has 0 aromatic carbocycles. The Labute approximate surface area is 105 Å². The van der Waals surface area contributed by atoms with Crippen molar-refractivity contribution in [3.8, 4) is 0 Å². The van der Waals surface area contributed by atoms with Crippen molar-refractivity contribution in [2.45, 2.75) is 37.9 Å². The first kappa shape index (κ1) is 13.3. The maximum Gasteiger partial charge on any atom is 0.0597 e. The zero-order chi connectivity index (χ0) is 12.1. The molecule has 0 bridgehead atoms. The molecule has 17 heavy (non-hydrogen) atoms. The van der Waals surface area contributed by atoms with Crippen LogP contribution in [-0.4, -0.2) is 73.5 Å². The van der Waals surface area contributed by atoms with Crippen molar-refractivity contribution in [3.63, 3.8) is 0 Å². The summed E-state index contributed by atoms with van der Waals surface area (Å²) in [5.74, 6) is 0. The van der Waals surface area contributed by atoms with E-state index in [1.165, 1.54) is 26.2 Å². The summed E-state index contributed by atoms with van der Waals surface area (Å²) in [5, 5.41) is 9.41. The Morgan fingerprint density at radius 1 is 1.06 bits per heavy atom. The summed E-state index contributed by atoms with van der Waals surface area (Å²) in [7, 11) is 2.18. The van der Waals surface area contributed by atoms with E-state index >= 15 is 0 Å². The van der Waals surface area contributed by atoms with Gasteiger partial charge in [0, 0.05) is 32.7 Å². The van der Waals surface area contributed by atoms with Crippen LogP contribution in [0.5, 0.6) is 0 Å². The van der Waals surface area contributed by atoms with Crippen molar-refractivity contribution >= 4 is 0 Å². The topological polar surface area (TPSA) is 35.9 Å². The smallest absolute Gasteiger partial charge is 0.0597 e. The Hall–Kier alpha value is -0.160. The van der Waals surface area contributed by atoms with Crippen LogP contribution in [-0.2, 0) is 4.74 Å². The first-order valence-electron chi connectivity index (χ1n) is 6.94. The Balaban J connectivity index is 1.54. The molecule has 0 spiro atoms. The molecule has 1 saturated carbocycles. The van der Waals surface area contributed by atoms with E-state index in [0.717, 1.165) is 38.8 Å². The Kier molecular flexibility index (Phi) is 5.22. The standard InChI is InChI=1S/C13H26N2O2/c1-14-6-8-15(9-7-14)10-11-17-13-4-2-12(16)3-5-13/h12-13,16H,2-11H2,1H3. The van der Waals surface area contributed by atoms with Crippen molar-refractivity contribution in [2.75, 3.05) is 46.4 Å². The zero-order valence-corrected chi connectivity index (χ0v) is 11.0. The van der Waals surface area contributed by atoms with E-state index in [0.29, 0.717) is 6.10 Å². The molecular weight excluding hydrogens is 216 g/mol. The molecule has 1 saturated heterocycles. The predicted octanol–water partition coefficient (Wildman–Crippen LogP) is 0.554. The van der Waals surface area contributed by atoms with Crippen LogP contribution in [0.3, 0.4) is 0 Å². The number of piperazine rings is 1. The minimum atomic E-state index is -0.0764. The van der Waals surface area contributed by atoms with Crippen molar-refractivity contribution in [2.24, 2.45) is 0 Å². The van der Waals surface area contributed by atoms with Gasteiger partial charge in [0.1, 0.15) is 0 Å². The van der Waals surface area contributed by atoms with Gasteiger partial charge in [0.25, 0.3) is 0 Å². The lowest BCUT2D eigenvalue weighted by atomic mass is 9.95. The Morgan fingerprint density at radius 2 is 1.71 bits per heavy atom. The van der Waals surface area contributed by atoms with Gasteiger partial charge in [-0.25, -0.2) is 0 Å². The van der Waals surface area contributed by atoms with Gasteiger partial charge in [0.15, 0.2) is 0 Å². The SMILES string of the molecule is CN1CCN(CCOC2CCC(O)CC2)CC1. The summed E-state index contributed by atoms with van der Waals surface area (Å²) < 4.78 is 5.89. The largest absolute Gasteiger partial charge is 0.393 e. The second kappa shape index (κ2) is 6.69. The van der Waals surface area contributed by atoms with Crippen molar-refractivity contribution in [1.82, 2.24) is 9.80 Å². The van der Waals surface area contributed by atoms with Crippen LogP contribution in [0.15, 0.2) is 0 Å². The molecular formula is C13H26N2O2. The van der Waals surface area contributed by atoms with E-state index in [-0.39, 0.29) is 6.10 Å². The molecule has 4 heteroatoms. The molecule has 0 unspecified atom stereocenters. The van der Waals surface area contributed by atoms with E-state index in [2.05, 4.69) is 16.8 Å². The summed E-state index contributed by atoms with van der Waals surface area (Å²) in [6.07, 6.45) is 4.21. The van der Waals surface area contributed by atoms with Crippen LogP contribution < -0.4 is 0 Å². The number of likely N-dealkylation sites (N-methyl/N-ethyl adjacent to an activating group) is 1. The van der Waals surface area contributed by atoms with Gasteiger partial charge in [-0.1, -0.05) is 0 Å². The molecule has 4 nitrogen and oxygen atoms in total. The van der Waals surface area contributed by atoms with Gasteiger partial charge >= 0.3 is 0 Å². The monoisotopic (exact) mass is 242 g/mol. The number of nitrogens with zero attached hydrogens (tertiary/aromatic N) is 2. The molecule has 1 aliphatic carbocycles. The molecule has 2 rings (SSSR count). The van der Waals surface area contributed by atoms with Crippen LogP contribution in [0, 0.1) is 0 Å². The van der Waals surface area contributed by atoms with E-state index in [1.807, 2.05) is 0 Å². The van der Waals surface area contributed by atoms with Gasteiger partial charge in [-0.05, 0) is 32.7 Å². The fourth-order valence-electron chi connectivity index (χ4n) is 2.63. The summed E-state index contributed by atoms with van der Waals surface area (Å²) >= 11 is 0. The second-order valence-electron chi connectivity index (χ2n) is 5.45. The summed E-state index contributed by atoms with van der Waals surface area (Å²) in [6, 6.07) is 0. The summed E-state index contributed by atoms with van der Waals surface area (Å²) in [6.45, 7) is 6.61. The van der Waals surface area contributed by atoms with Gasteiger partial charge in [0.05, 0.1) is 18.8 Å². The lowest BCUT2D eigenvalue weighted by molar-refractivity contribution is -0.0137. The Morgan fingerprint density at radius 3 is 2.35 bits per heavy atom. The quantitative estimate of drug-likeness (QED) is 0.781. The van der Waals surface area contributed by atoms with E-state index in [1.54, 1.807) is 0 Å². The highest BCUT2D eigenvalue weighted by Gasteiger charge is 2.20. The first-order valence-corrected chi connectivity index (χ1v) is 6.94. The van der Waals surface area contributed by atoms with Gasteiger partial charge in [0.2, 0.25) is 0 Å². The number of hydrogen-bond acceptors (Lipinski definition) is 4. The molecule has 0 radical (unpaired) electrons. The molecule has 1 aliphatic heterocycles. The summed E-state index contributed by atoms with van der Waals surface area (Å²) in [4.78, 5) is 4.86. The van der Waals surface area contributed by atoms with E-state index in [4.69, 9.17) is 4.74 Å². The van der Waals surface area contributed by atoms with Gasteiger partial charge in [-0.3, -0.25) is 4.90 Å². The fraction of sp³-hybridized carbons (Fsp3) is 1.00. The normalized spacial score (nSPS) is 32.8. The van der Waals surface area contributed by atoms with Gasteiger partial charge in [-0.15, -0.1) is 0 Å². The summed E-state index contributed by atoms with van der Waals surface area (Å²) in [5.41, 5.74) is 0. The maximum atomic E-state index is 9.41. The van der Waals surface area contributed by atoms with Crippen molar-refractivity contribution in [1.29, 1.82) is 0 Å². The molecule has 1 N–H and O–H groups in total. The lowest BCUT2D eigenvalue weighted by Gasteiger charge is -2.33. The molecule has 0 amide bonds. The average Bonchev–Trinajstić information content (AvgIpc) is 2.34. The lowest BCUT2D eigenvalue weighted by Crippen LogP contribution is -2.45. The molecule has 0 aromatic rings. The van der Waals surface area contributed by atoms with Gasteiger partial charge in [-0.2, -0.15) is 0 Å². The first-order chi connectivity index (χ1) is 8.24. The minimum Gasteiger partial charge on any atom is -0.393 e. The van der Waals surface area contributed by atoms with Crippen molar-refractivity contribution in [3.05, 3.63) is 0 Å². The van der Waals surface area contributed by atoms with Crippen LogP contribution >= 0.6 is 0 Å². The minimum absolute atomic E-state index is 0.0764.